The Bertz CT molecular complexity index is 900. The van der Waals surface area contributed by atoms with E-state index < -0.39 is 17.1 Å². The fourth-order valence-corrected chi connectivity index (χ4v) is 2.31. The Morgan fingerprint density at radius 2 is 2.04 bits per heavy atom. The summed E-state index contributed by atoms with van der Waals surface area (Å²) in [5, 5.41) is 14.0. The summed E-state index contributed by atoms with van der Waals surface area (Å²) in [6.07, 6.45) is 2.92. The summed E-state index contributed by atoms with van der Waals surface area (Å²) >= 11 is 3.28. The number of benzene rings is 1. The number of carbonyl (C=O) groups is 1. The highest BCUT2D eigenvalue weighted by atomic mass is 79.9. The maximum atomic E-state index is 12.0. The third kappa shape index (κ3) is 4.66. The van der Waals surface area contributed by atoms with Crippen molar-refractivity contribution >= 4 is 28.1 Å². The van der Waals surface area contributed by atoms with Crippen molar-refractivity contribution in [1.29, 1.82) is 0 Å². The molecule has 0 bridgehead atoms. The number of aromatic amines is 1. The van der Waals surface area contributed by atoms with E-state index in [1.807, 2.05) is 6.92 Å². The predicted molar refractivity (Wildman–Crippen MR) is 97.3 cm³/mol. The van der Waals surface area contributed by atoms with Crippen molar-refractivity contribution in [2.24, 2.45) is 5.10 Å². The second-order valence-corrected chi connectivity index (χ2v) is 6.12. The number of hydrogen-bond acceptors (Lipinski definition) is 5. The minimum atomic E-state index is -0.803. The molecule has 2 rings (SSSR count). The van der Waals surface area contributed by atoms with E-state index in [0.717, 1.165) is 28.1 Å². The number of carbonyl (C=O) groups excluding carboxylic acids is 1. The van der Waals surface area contributed by atoms with Gasteiger partial charge in [0.05, 0.1) is 11.9 Å². The number of unbranched alkanes of at least 4 members (excludes halogenated alkanes) is 1. The number of aromatic hydroxyl groups is 1. The molecule has 1 amide bonds. The van der Waals surface area contributed by atoms with E-state index in [1.165, 1.54) is 0 Å². The van der Waals surface area contributed by atoms with Gasteiger partial charge in [-0.2, -0.15) is 5.10 Å². The van der Waals surface area contributed by atoms with Gasteiger partial charge in [0.2, 0.25) is 11.8 Å². The van der Waals surface area contributed by atoms with Gasteiger partial charge in [-0.1, -0.05) is 29.3 Å². The molecule has 3 N–H and O–H groups in total. The Hall–Kier alpha value is -2.68. The fraction of sp³-hybridized carbons (Fsp3) is 0.250. The number of rotatable bonds is 6. The molecule has 0 aliphatic rings. The zero-order valence-electron chi connectivity index (χ0n) is 13.5. The fourth-order valence-electron chi connectivity index (χ4n) is 2.05. The van der Waals surface area contributed by atoms with Crippen molar-refractivity contribution in [3.8, 4) is 11.6 Å². The highest BCUT2D eigenvalue weighted by Gasteiger charge is 2.14. The lowest BCUT2D eigenvalue weighted by Gasteiger charge is -2.09. The molecule has 1 heterocycles. The second-order valence-electron chi connectivity index (χ2n) is 5.21. The molecule has 0 saturated carbocycles. The van der Waals surface area contributed by atoms with E-state index in [4.69, 9.17) is 0 Å². The average molecular weight is 409 g/mol. The van der Waals surface area contributed by atoms with Gasteiger partial charge in [-0.3, -0.25) is 14.6 Å². The largest absolute Gasteiger partial charge is 0.493 e. The lowest BCUT2D eigenvalue weighted by molar-refractivity contribution is -0.121. The maximum Gasteiger partial charge on any atom is 0.335 e. The lowest BCUT2D eigenvalue weighted by Crippen LogP contribution is -2.31. The van der Waals surface area contributed by atoms with Crippen LogP contribution in [0.15, 0.2) is 43.4 Å². The smallest absolute Gasteiger partial charge is 0.335 e. The molecule has 0 saturated heterocycles. The zero-order chi connectivity index (χ0) is 18.4. The molecule has 132 valence electrons. The highest BCUT2D eigenvalue weighted by Crippen LogP contribution is 2.17. The molecule has 0 radical (unpaired) electrons. The topological polar surface area (TPSA) is 117 Å². The number of aromatic nitrogens is 2. The lowest BCUT2D eigenvalue weighted by atomic mass is 10.2. The van der Waals surface area contributed by atoms with Crippen molar-refractivity contribution in [2.75, 3.05) is 0 Å². The molecule has 0 atom stereocenters. The molecule has 8 nitrogen and oxygen atoms in total. The van der Waals surface area contributed by atoms with Gasteiger partial charge in [0.25, 0.3) is 5.56 Å². The van der Waals surface area contributed by atoms with Crippen molar-refractivity contribution in [3.63, 3.8) is 0 Å². The van der Waals surface area contributed by atoms with Crippen LogP contribution < -0.4 is 16.7 Å². The molecule has 0 spiro atoms. The Morgan fingerprint density at radius 3 is 2.68 bits per heavy atom. The molecule has 25 heavy (non-hydrogen) atoms. The van der Waals surface area contributed by atoms with Gasteiger partial charge in [-0.05, 0) is 30.7 Å². The van der Waals surface area contributed by atoms with E-state index in [2.05, 4.69) is 31.4 Å². The monoisotopic (exact) mass is 408 g/mol. The Kier molecular flexibility index (Phi) is 6.29. The summed E-state index contributed by atoms with van der Waals surface area (Å²) < 4.78 is 1.73. The van der Waals surface area contributed by atoms with E-state index in [9.17, 15) is 19.5 Å². The minimum absolute atomic E-state index is 0.238. The second kappa shape index (κ2) is 8.43. The summed E-state index contributed by atoms with van der Waals surface area (Å²) in [6, 6.07) is 6.57. The summed E-state index contributed by atoms with van der Waals surface area (Å²) in [6.45, 7) is 1.96. The number of hydrogen-bond donors (Lipinski definition) is 3. The third-order valence-electron chi connectivity index (χ3n) is 3.35. The Labute approximate surface area is 151 Å². The van der Waals surface area contributed by atoms with Crippen LogP contribution >= 0.6 is 15.9 Å². The van der Waals surface area contributed by atoms with Gasteiger partial charge < -0.3 is 5.11 Å². The minimum Gasteiger partial charge on any atom is -0.493 e. The SMILES string of the molecule is CCCCC(=O)NN=Cc1c(O)n(-c2ccc(Br)cc2)c(=O)[nH]c1=O. The Balaban J connectivity index is 2.35. The third-order valence-corrected chi connectivity index (χ3v) is 3.87. The molecular formula is C16H17BrN4O4. The van der Waals surface area contributed by atoms with Crippen LogP contribution in [-0.4, -0.2) is 26.8 Å². The molecule has 0 unspecified atom stereocenters. The number of H-pyrrole nitrogens is 1. The van der Waals surface area contributed by atoms with Gasteiger partial charge in [0.1, 0.15) is 5.56 Å². The van der Waals surface area contributed by atoms with Crippen LogP contribution in [0.4, 0.5) is 0 Å². The molecule has 1 aromatic heterocycles. The first-order chi connectivity index (χ1) is 11.9. The summed E-state index contributed by atoms with van der Waals surface area (Å²) in [7, 11) is 0. The molecule has 1 aromatic carbocycles. The molecule has 0 aliphatic carbocycles. The van der Waals surface area contributed by atoms with Crippen molar-refractivity contribution < 1.29 is 9.90 Å². The van der Waals surface area contributed by atoms with Crippen molar-refractivity contribution in [2.45, 2.75) is 26.2 Å². The number of hydrazone groups is 1. The standard InChI is InChI=1S/C16H17BrN4O4/c1-2-3-4-13(22)20-18-9-12-14(23)19-16(25)21(15(12)24)11-7-5-10(17)6-8-11/h5-9,24H,2-4H2,1H3,(H,20,22)(H,19,23,25). The highest BCUT2D eigenvalue weighted by molar-refractivity contribution is 9.10. The first-order valence-corrected chi connectivity index (χ1v) is 8.39. The molecule has 9 heteroatoms. The van der Waals surface area contributed by atoms with Crippen LogP contribution in [0, 0.1) is 0 Å². The number of nitrogens with one attached hydrogen (secondary N) is 2. The van der Waals surface area contributed by atoms with Gasteiger partial charge in [-0.15, -0.1) is 0 Å². The Morgan fingerprint density at radius 1 is 1.36 bits per heavy atom. The molecule has 0 fully saturated rings. The predicted octanol–water partition coefficient (Wildman–Crippen LogP) is 1.63. The van der Waals surface area contributed by atoms with Crippen molar-refractivity contribution in [3.05, 3.63) is 55.1 Å². The van der Waals surface area contributed by atoms with E-state index in [0.29, 0.717) is 12.1 Å². The van der Waals surface area contributed by atoms with Crippen LogP contribution in [0.1, 0.15) is 31.7 Å². The number of nitrogens with zero attached hydrogens (tertiary/aromatic N) is 2. The first kappa shape index (κ1) is 18.7. The van der Waals surface area contributed by atoms with Crippen LogP contribution in [0.3, 0.4) is 0 Å². The van der Waals surface area contributed by atoms with Gasteiger partial charge in [0.15, 0.2) is 0 Å². The van der Waals surface area contributed by atoms with E-state index >= 15 is 0 Å². The molecule has 2 aromatic rings. The average Bonchev–Trinajstić information content (AvgIpc) is 2.57. The maximum absolute atomic E-state index is 12.0. The van der Waals surface area contributed by atoms with Crippen LogP contribution in [0.25, 0.3) is 5.69 Å². The summed E-state index contributed by atoms with van der Waals surface area (Å²) in [5.41, 5.74) is 0.815. The van der Waals surface area contributed by atoms with Gasteiger partial charge in [0, 0.05) is 10.9 Å². The summed E-state index contributed by atoms with van der Waals surface area (Å²) in [5.74, 6) is -0.863. The van der Waals surface area contributed by atoms with E-state index in [-0.39, 0.29) is 11.5 Å². The van der Waals surface area contributed by atoms with Crippen LogP contribution in [0.2, 0.25) is 0 Å². The van der Waals surface area contributed by atoms with Gasteiger partial charge >= 0.3 is 5.69 Å². The quantitative estimate of drug-likeness (QED) is 0.497. The van der Waals surface area contributed by atoms with Crippen LogP contribution in [-0.2, 0) is 4.79 Å². The zero-order valence-corrected chi connectivity index (χ0v) is 15.0. The number of amides is 1. The van der Waals surface area contributed by atoms with Crippen molar-refractivity contribution in [1.82, 2.24) is 15.0 Å². The van der Waals surface area contributed by atoms with E-state index in [1.54, 1.807) is 24.3 Å². The van der Waals surface area contributed by atoms with Crippen LogP contribution in [0.5, 0.6) is 5.88 Å². The van der Waals surface area contributed by atoms with Gasteiger partial charge in [-0.25, -0.2) is 14.8 Å². The summed E-state index contributed by atoms with van der Waals surface area (Å²) in [4.78, 5) is 37.5. The molecule has 0 aliphatic heterocycles. The number of halogens is 1. The normalized spacial score (nSPS) is 11.0. The molecular weight excluding hydrogens is 392 g/mol. The first-order valence-electron chi connectivity index (χ1n) is 7.60.